The van der Waals surface area contributed by atoms with Crippen molar-refractivity contribution in [2.24, 2.45) is 0 Å². The van der Waals surface area contributed by atoms with Crippen molar-refractivity contribution in [3.8, 4) is 0 Å². The Morgan fingerprint density at radius 3 is 2.06 bits per heavy atom. The number of aliphatic carboxylic acids is 1. The molecular weight excluding hydrogens is 226 g/mol. The number of quaternary nitrogens is 1. The summed E-state index contributed by atoms with van der Waals surface area (Å²) in [6, 6.07) is 0. The van der Waals surface area contributed by atoms with E-state index in [-0.39, 0.29) is 30.3 Å². The van der Waals surface area contributed by atoms with Crippen molar-refractivity contribution in [3.63, 3.8) is 0 Å². The van der Waals surface area contributed by atoms with E-state index in [0.29, 0.717) is 26.2 Å². The molecule has 0 aliphatic rings. The molecule has 0 atom stereocenters. The van der Waals surface area contributed by atoms with E-state index in [1.807, 2.05) is 13.8 Å². The third kappa shape index (κ3) is 7.27. The molecule has 6 nitrogen and oxygen atoms in total. The molecule has 0 spiro atoms. The van der Waals surface area contributed by atoms with Crippen LogP contribution in [0.2, 0.25) is 0 Å². The second kappa shape index (κ2) is 8.41. The van der Waals surface area contributed by atoms with Gasteiger partial charge in [-0.25, -0.2) is 4.79 Å². The summed E-state index contributed by atoms with van der Waals surface area (Å²) >= 11 is 0. The minimum atomic E-state index is -0.934. The maximum atomic E-state index is 10.8. The van der Waals surface area contributed by atoms with E-state index < -0.39 is 5.97 Å². The predicted octanol–water partition coefficient (Wildman–Crippen LogP) is -0.703. The van der Waals surface area contributed by atoms with E-state index in [9.17, 15) is 4.79 Å². The Morgan fingerprint density at radius 2 is 1.71 bits per heavy atom. The van der Waals surface area contributed by atoms with Crippen molar-refractivity contribution < 1.29 is 29.3 Å². The van der Waals surface area contributed by atoms with Gasteiger partial charge in [0, 0.05) is 0 Å². The van der Waals surface area contributed by atoms with Crippen LogP contribution in [0.5, 0.6) is 0 Å². The fraction of sp³-hybridized carbons (Fsp3) is 0.909. The second-order valence-electron chi connectivity index (χ2n) is 4.43. The van der Waals surface area contributed by atoms with E-state index in [2.05, 4.69) is 0 Å². The Hall–Kier alpha value is -0.690. The monoisotopic (exact) mass is 250 g/mol. The van der Waals surface area contributed by atoms with Gasteiger partial charge in [0.2, 0.25) is 0 Å². The van der Waals surface area contributed by atoms with Gasteiger partial charge >= 0.3 is 5.97 Å². The molecule has 0 aromatic rings. The van der Waals surface area contributed by atoms with Crippen molar-refractivity contribution in [2.45, 2.75) is 20.0 Å². The first-order valence-electron chi connectivity index (χ1n) is 5.86. The minimum absolute atomic E-state index is 0.0879. The molecule has 0 aromatic carbocycles. The molecule has 102 valence electrons. The predicted molar refractivity (Wildman–Crippen MR) is 62.6 cm³/mol. The lowest BCUT2D eigenvalue weighted by Crippen LogP contribution is -2.56. The van der Waals surface area contributed by atoms with E-state index >= 15 is 0 Å². The van der Waals surface area contributed by atoms with Crippen LogP contribution in [0.25, 0.3) is 0 Å². The fourth-order valence-electron chi connectivity index (χ4n) is 1.77. The third-order valence-electron chi connectivity index (χ3n) is 2.64. The number of aliphatic hydroxyl groups excluding tert-OH is 2. The summed E-state index contributed by atoms with van der Waals surface area (Å²) in [5.41, 5.74) is 0. The molecule has 0 fully saturated rings. The normalized spacial score (nSPS) is 12.1. The Bertz CT molecular complexity index is 214. The van der Waals surface area contributed by atoms with Crippen molar-refractivity contribution in [2.75, 3.05) is 46.0 Å². The highest BCUT2D eigenvalue weighted by molar-refractivity contribution is 5.67. The van der Waals surface area contributed by atoms with Gasteiger partial charge in [0.1, 0.15) is 19.6 Å². The number of ether oxygens (including phenoxy) is 1. The van der Waals surface area contributed by atoms with Crippen molar-refractivity contribution in [1.82, 2.24) is 0 Å². The molecule has 3 N–H and O–H groups in total. The first kappa shape index (κ1) is 16.3. The Balaban J connectivity index is 4.46. The number of hydrogen-bond donors (Lipinski definition) is 3. The summed E-state index contributed by atoms with van der Waals surface area (Å²) in [6.07, 6.45) is 0.0879. The van der Waals surface area contributed by atoms with Crippen molar-refractivity contribution in [1.29, 1.82) is 0 Å². The number of carboxylic acids is 1. The van der Waals surface area contributed by atoms with Crippen LogP contribution in [-0.2, 0) is 9.53 Å². The zero-order valence-electron chi connectivity index (χ0n) is 10.6. The van der Waals surface area contributed by atoms with E-state index in [1.54, 1.807) is 0 Å². The van der Waals surface area contributed by atoms with Crippen molar-refractivity contribution in [3.05, 3.63) is 0 Å². The number of carbonyl (C=O) groups is 1. The van der Waals surface area contributed by atoms with Gasteiger partial charge in [-0.1, -0.05) is 0 Å². The SMILES string of the molecule is CC(C)OCC[N+](CCO)(CCO)CC(=O)O. The second-order valence-corrected chi connectivity index (χ2v) is 4.43. The Labute approximate surface area is 102 Å². The lowest BCUT2D eigenvalue weighted by Gasteiger charge is -2.36. The zero-order valence-corrected chi connectivity index (χ0v) is 10.6. The topological polar surface area (TPSA) is 87.0 Å². The maximum absolute atomic E-state index is 10.8. The van der Waals surface area contributed by atoms with Crippen LogP contribution in [0.1, 0.15) is 13.8 Å². The van der Waals surface area contributed by atoms with E-state index in [0.717, 1.165) is 0 Å². The van der Waals surface area contributed by atoms with Crippen LogP contribution in [0.15, 0.2) is 0 Å². The Kier molecular flexibility index (Phi) is 8.07. The largest absolute Gasteiger partial charge is 0.477 e. The molecule has 0 aromatic heterocycles. The van der Waals surface area contributed by atoms with Crippen LogP contribution >= 0.6 is 0 Å². The fourth-order valence-corrected chi connectivity index (χ4v) is 1.77. The van der Waals surface area contributed by atoms with E-state index in [4.69, 9.17) is 20.1 Å². The summed E-state index contributed by atoms with van der Waals surface area (Å²) in [5, 5.41) is 26.9. The molecule has 0 bridgehead atoms. The van der Waals surface area contributed by atoms with Gasteiger partial charge in [0.15, 0.2) is 6.54 Å². The number of nitrogens with zero attached hydrogens (tertiary/aromatic N) is 1. The summed E-state index contributed by atoms with van der Waals surface area (Å²) in [4.78, 5) is 10.8. The molecule has 0 rings (SSSR count). The molecule has 0 unspecified atom stereocenters. The zero-order chi connectivity index (χ0) is 13.3. The summed E-state index contributed by atoms with van der Waals surface area (Å²) in [5.74, 6) is -0.934. The lowest BCUT2D eigenvalue weighted by molar-refractivity contribution is -0.922. The average Bonchev–Trinajstić information content (AvgIpc) is 2.16. The molecule has 0 radical (unpaired) electrons. The van der Waals surface area contributed by atoms with Gasteiger partial charge in [-0.3, -0.25) is 0 Å². The van der Waals surface area contributed by atoms with Crippen LogP contribution in [-0.4, -0.2) is 77.9 Å². The molecule has 0 aliphatic carbocycles. The first-order valence-corrected chi connectivity index (χ1v) is 5.86. The number of rotatable bonds is 10. The van der Waals surface area contributed by atoms with Gasteiger partial charge in [0.05, 0.1) is 25.9 Å². The quantitative estimate of drug-likeness (QED) is 0.446. The number of aliphatic hydroxyl groups is 2. The van der Waals surface area contributed by atoms with Gasteiger partial charge in [-0.05, 0) is 13.8 Å². The highest BCUT2D eigenvalue weighted by Gasteiger charge is 2.29. The summed E-state index contributed by atoms with van der Waals surface area (Å²) in [6.45, 7) is 5.03. The number of carboxylic acid groups (broad SMARTS) is 1. The molecule has 0 amide bonds. The summed E-state index contributed by atoms with van der Waals surface area (Å²) < 4.78 is 5.55. The van der Waals surface area contributed by atoms with E-state index in [1.165, 1.54) is 0 Å². The number of hydrogen-bond acceptors (Lipinski definition) is 4. The Morgan fingerprint density at radius 1 is 1.18 bits per heavy atom. The first-order chi connectivity index (χ1) is 7.95. The van der Waals surface area contributed by atoms with Crippen LogP contribution < -0.4 is 0 Å². The van der Waals surface area contributed by atoms with Gasteiger partial charge in [-0.2, -0.15) is 0 Å². The molecule has 0 heterocycles. The molecule has 0 saturated carbocycles. The highest BCUT2D eigenvalue weighted by atomic mass is 16.5. The van der Waals surface area contributed by atoms with Gasteiger partial charge in [0.25, 0.3) is 0 Å². The molecular formula is C11H24NO5+. The van der Waals surface area contributed by atoms with Gasteiger partial charge in [-0.15, -0.1) is 0 Å². The summed E-state index contributed by atoms with van der Waals surface area (Å²) in [7, 11) is 0. The molecule has 0 aliphatic heterocycles. The van der Waals surface area contributed by atoms with Crippen molar-refractivity contribution >= 4 is 5.97 Å². The maximum Gasteiger partial charge on any atom is 0.359 e. The average molecular weight is 250 g/mol. The van der Waals surface area contributed by atoms with Crippen LogP contribution in [0, 0.1) is 0 Å². The van der Waals surface area contributed by atoms with Gasteiger partial charge < -0.3 is 24.5 Å². The van der Waals surface area contributed by atoms with Crippen LogP contribution in [0.4, 0.5) is 0 Å². The lowest BCUT2D eigenvalue weighted by atomic mass is 10.3. The molecule has 6 heteroatoms. The molecule has 0 saturated heterocycles. The van der Waals surface area contributed by atoms with Crippen LogP contribution in [0.3, 0.4) is 0 Å². The smallest absolute Gasteiger partial charge is 0.359 e. The standard InChI is InChI=1S/C11H23NO5/c1-10(2)17-8-5-12(3-6-13,4-7-14)9-11(15)16/h10,13-14H,3-9H2,1-2H3/p+1. The highest BCUT2D eigenvalue weighted by Crippen LogP contribution is 2.07. The third-order valence-corrected chi connectivity index (χ3v) is 2.64. The molecule has 17 heavy (non-hydrogen) atoms. The minimum Gasteiger partial charge on any atom is -0.477 e.